The molecule has 1 aromatic rings. The first-order valence-electron chi connectivity index (χ1n) is 5.97. The normalized spacial score (nSPS) is 22.2. The van der Waals surface area contributed by atoms with Gasteiger partial charge in [-0.05, 0) is 24.5 Å². The number of amides is 1. The van der Waals surface area contributed by atoms with Crippen molar-refractivity contribution in [1.82, 2.24) is 5.32 Å². The molecule has 2 rings (SSSR count). The molecule has 1 aliphatic rings. The van der Waals surface area contributed by atoms with Crippen molar-refractivity contribution in [2.45, 2.75) is 31.6 Å². The van der Waals surface area contributed by atoms with Gasteiger partial charge in [0, 0.05) is 11.0 Å². The minimum absolute atomic E-state index is 0.264. The lowest BCUT2D eigenvalue weighted by Crippen LogP contribution is -2.35. The van der Waals surface area contributed by atoms with Crippen molar-refractivity contribution >= 4 is 27.8 Å². The highest BCUT2D eigenvalue weighted by Gasteiger charge is 2.34. The highest BCUT2D eigenvalue weighted by atomic mass is 79.9. The molecule has 1 amide bonds. The van der Waals surface area contributed by atoms with E-state index in [9.17, 15) is 9.59 Å². The molecule has 0 spiro atoms. The fourth-order valence-corrected chi connectivity index (χ4v) is 2.37. The summed E-state index contributed by atoms with van der Waals surface area (Å²) < 4.78 is 6.10. The molecule has 0 aromatic heterocycles. The molecule has 2 atom stereocenters. The zero-order chi connectivity index (χ0) is 13.8. The molecule has 2 N–H and O–H groups in total. The number of nitrogens with one attached hydrogen (secondary N) is 1. The molecule has 0 aliphatic carbocycles. The number of carbonyl (C=O) groups excluding carboxylic acids is 1. The number of halogens is 1. The molecule has 1 aromatic carbocycles. The van der Waals surface area contributed by atoms with Crippen molar-refractivity contribution in [3.63, 3.8) is 0 Å². The Kier molecular flexibility index (Phi) is 4.55. The Morgan fingerprint density at radius 2 is 2.00 bits per heavy atom. The lowest BCUT2D eigenvalue weighted by molar-refractivity contribution is -0.151. The van der Waals surface area contributed by atoms with Crippen molar-refractivity contribution in [3.8, 4) is 0 Å². The highest BCUT2D eigenvalue weighted by Crippen LogP contribution is 2.20. The van der Waals surface area contributed by atoms with E-state index in [4.69, 9.17) is 9.84 Å². The molecule has 102 valence electrons. The zero-order valence-corrected chi connectivity index (χ0v) is 11.7. The van der Waals surface area contributed by atoms with Crippen LogP contribution in [0.4, 0.5) is 0 Å². The van der Waals surface area contributed by atoms with E-state index in [2.05, 4.69) is 21.2 Å². The van der Waals surface area contributed by atoms with Crippen LogP contribution in [0.15, 0.2) is 28.7 Å². The number of ether oxygens (including phenoxy) is 1. The fourth-order valence-electron chi connectivity index (χ4n) is 1.95. The van der Waals surface area contributed by atoms with Gasteiger partial charge >= 0.3 is 5.97 Å². The number of carboxylic acid groups (broad SMARTS) is 1. The number of hydrogen-bond acceptors (Lipinski definition) is 3. The van der Waals surface area contributed by atoms with Crippen LogP contribution in [-0.2, 0) is 20.9 Å². The number of carbonyl (C=O) groups is 2. The second-order valence-electron chi connectivity index (χ2n) is 4.34. The van der Waals surface area contributed by atoms with Gasteiger partial charge in [-0.25, -0.2) is 4.79 Å². The molecule has 0 bridgehead atoms. The minimum atomic E-state index is -1.01. The van der Waals surface area contributed by atoms with Crippen LogP contribution in [-0.4, -0.2) is 29.2 Å². The van der Waals surface area contributed by atoms with E-state index in [0.29, 0.717) is 19.4 Å². The van der Waals surface area contributed by atoms with Crippen molar-refractivity contribution in [2.75, 3.05) is 0 Å². The summed E-state index contributed by atoms with van der Waals surface area (Å²) in [5, 5.41) is 11.5. The van der Waals surface area contributed by atoms with Gasteiger partial charge in [-0.1, -0.05) is 34.1 Å². The average Bonchev–Trinajstić information content (AvgIpc) is 2.87. The fraction of sp³-hybridized carbons (Fsp3) is 0.385. The number of hydrogen-bond donors (Lipinski definition) is 2. The highest BCUT2D eigenvalue weighted by molar-refractivity contribution is 9.10. The van der Waals surface area contributed by atoms with Crippen molar-refractivity contribution in [2.24, 2.45) is 0 Å². The third-order valence-electron chi connectivity index (χ3n) is 3.00. The minimum Gasteiger partial charge on any atom is -0.479 e. The molecule has 1 fully saturated rings. The molecule has 1 saturated heterocycles. The molecule has 2 unspecified atom stereocenters. The standard InChI is InChI=1S/C13H14BrNO4/c14-9-4-2-1-3-8(9)7-15-12(16)10-5-6-11(19-10)13(17)18/h1-4,10-11H,5-7H2,(H,15,16)(H,17,18). The van der Waals surface area contributed by atoms with Crippen LogP contribution in [0.3, 0.4) is 0 Å². The van der Waals surface area contributed by atoms with E-state index >= 15 is 0 Å². The Labute approximate surface area is 119 Å². The largest absolute Gasteiger partial charge is 0.479 e. The van der Waals surface area contributed by atoms with E-state index in [1.807, 2.05) is 24.3 Å². The zero-order valence-electron chi connectivity index (χ0n) is 10.1. The van der Waals surface area contributed by atoms with Crippen molar-refractivity contribution in [1.29, 1.82) is 0 Å². The number of carboxylic acids is 1. The average molecular weight is 328 g/mol. The quantitative estimate of drug-likeness (QED) is 0.882. The molecule has 5 nitrogen and oxygen atoms in total. The van der Waals surface area contributed by atoms with E-state index in [-0.39, 0.29) is 5.91 Å². The maximum absolute atomic E-state index is 11.9. The number of aliphatic carboxylic acids is 1. The second-order valence-corrected chi connectivity index (χ2v) is 5.19. The van der Waals surface area contributed by atoms with Gasteiger partial charge < -0.3 is 15.2 Å². The van der Waals surface area contributed by atoms with Crippen LogP contribution in [0.2, 0.25) is 0 Å². The van der Waals surface area contributed by atoms with Gasteiger partial charge in [-0.15, -0.1) is 0 Å². The van der Waals surface area contributed by atoms with Gasteiger partial charge in [0.05, 0.1) is 0 Å². The molecule has 6 heteroatoms. The van der Waals surface area contributed by atoms with Crippen LogP contribution in [0.1, 0.15) is 18.4 Å². The maximum Gasteiger partial charge on any atom is 0.332 e. The topological polar surface area (TPSA) is 75.6 Å². The summed E-state index contributed by atoms with van der Waals surface area (Å²) in [4.78, 5) is 22.6. The third kappa shape index (κ3) is 3.54. The smallest absolute Gasteiger partial charge is 0.332 e. The SMILES string of the molecule is O=C(O)C1CCC(C(=O)NCc2ccccc2Br)O1. The first-order chi connectivity index (χ1) is 9.08. The third-order valence-corrected chi connectivity index (χ3v) is 3.77. The Morgan fingerprint density at radius 1 is 1.32 bits per heavy atom. The monoisotopic (exact) mass is 327 g/mol. The summed E-state index contributed by atoms with van der Waals surface area (Å²) in [7, 11) is 0. The van der Waals surface area contributed by atoms with Crippen LogP contribution in [0.5, 0.6) is 0 Å². The summed E-state index contributed by atoms with van der Waals surface area (Å²) in [6, 6.07) is 7.58. The molecule has 0 saturated carbocycles. The lowest BCUT2D eigenvalue weighted by Gasteiger charge is -2.12. The number of benzene rings is 1. The van der Waals surface area contributed by atoms with E-state index in [1.165, 1.54) is 0 Å². The predicted octanol–water partition coefficient (Wildman–Crippen LogP) is 1.70. The molecule has 19 heavy (non-hydrogen) atoms. The van der Waals surface area contributed by atoms with Crippen LogP contribution in [0, 0.1) is 0 Å². The van der Waals surface area contributed by atoms with E-state index in [1.54, 1.807) is 0 Å². The second kappa shape index (κ2) is 6.16. The molecular weight excluding hydrogens is 314 g/mol. The van der Waals surface area contributed by atoms with Gasteiger partial charge in [-0.3, -0.25) is 4.79 Å². The number of rotatable bonds is 4. The molecule has 1 heterocycles. The Bertz CT molecular complexity index is 491. The molecule has 0 radical (unpaired) electrons. The van der Waals surface area contributed by atoms with Crippen LogP contribution < -0.4 is 5.32 Å². The van der Waals surface area contributed by atoms with Gasteiger partial charge in [0.15, 0.2) is 6.10 Å². The Morgan fingerprint density at radius 3 is 2.63 bits per heavy atom. The van der Waals surface area contributed by atoms with Crippen molar-refractivity contribution < 1.29 is 19.4 Å². The van der Waals surface area contributed by atoms with Crippen LogP contribution >= 0.6 is 15.9 Å². The maximum atomic E-state index is 11.9. The summed E-state index contributed by atoms with van der Waals surface area (Å²) in [5.74, 6) is -1.28. The molecular formula is C13H14BrNO4. The summed E-state index contributed by atoms with van der Waals surface area (Å²) in [6.45, 7) is 0.387. The van der Waals surface area contributed by atoms with Gasteiger partial charge in [0.25, 0.3) is 0 Å². The first kappa shape index (κ1) is 14.0. The Balaban J connectivity index is 1.86. The molecule has 1 aliphatic heterocycles. The Hall–Kier alpha value is -1.40. The van der Waals surface area contributed by atoms with Crippen LogP contribution in [0.25, 0.3) is 0 Å². The van der Waals surface area contributed by atoms with Gasteiger partial charge in [0.1, 0.15) is 6.10 Å². The lowest BCUT2D eigenvalue weighted by atomic mass is 10.2. The van der Waals surface area contributed by atoms with E-state index in [0.717, 1.165) is 10.0 Å². The van der Waals surface area contributed by atoms with Gasteiger partial charge in [0.2, 0.25) is 5.91 Å². The van der Waals surface area contributed by atoms with E-state index < -0.39 is 18.2 Å². The predicted molar refractivity (Wildman–Crippen MR) is 71.5 cm³/mol. The van der Waals surface area contributed by atoms with Gasteiger partial charge in [-0.2, -0.15) is 0 Å². The first-order valence-corrected chi connectivity index (χ1v) is 6.76. The van der Waals surface area contributed by atoms with Crippen molar-refractivity contribution in [3.05, 3.63) is 34.3 Å². The summed E-state index contributed by atoms with van der Waals surface area (Å²) >= 11 is 3.40. The summed E-state index contributed by atoms with van der Waals surface area (Å²) in [6.07, 6.45) is -0.705. The summed E-state index contributed by atoms with van der Waals surface area (Å²) in [5.41, 5.74) is 0.962.